The predicted molar refractivity (Wildman–Crippen MR) is 138 cm³/mol. The topological polar surface area (TPSA) is 89.9 Å². The van der Waals surface area contributed by atoms with Crippen molar-refractivity contribution in [1.82, 2.24) is 19.9 Å². The Bertz CT molecular complexity index is 989. The van der Waals surface area contributed by atoms with Crippen molar-refractivity contribution in [3.05, 3.63) is 54.2 Å². The molecule has 0 radical (unpaired) electrons. The number of anilines is 1. The van der Waals surface area contributed by atoms with Crippen molar-refractivity contribution >= 4 is 45.8 Å². The molecule has 2 N–H and O–H groups in total. The van der Waals surface area contributed by atoms with Crippen LogP contribution in [0.1, 0.15) is 25.3 Å². The first-order chi connectivity index (χ1) is 15.0. The van der Waals surface area contributed by atoms with E-state index in [0.717, 1.165) is 62.9 Å². The summed E-state index contributed by atoms with van der Waals surface area (Å²) in [5.74, 6) is 1.89. The summed E-state index contributed by atoms with van der Waals surface area (Å²) in [6.45, 7) is 6.87. The Balaban J connectivity index is 0.00000289. The number of sulfonamides is 1. The maximum atomic E-state index is 12.3. The minimum Gasteiger partial charge on any atom is -0.357 e. The Hall–Kier alpha value is -1.92. The van der Waals surface area contributed by atoms with Crippen LogP contribution in [0.2, 0.25) is 0 Å². The summed E-state index contributed by atoms with van der Waals surface area (Å²) < 4.78 is 27.3. The highest BCUT2D eigenvalue weighted by Gasteiger charge is 2.27. The second-order valence-electron chi connectivity index (χ2n) is 7.87. The van der Waals surface area contributed by atoms with Crippen LogP contribution in [-0.2, 0) is 16.6 Å². The molecule has 0 unspecified atom stereocenters. The fourth-order valence-corrected chi connectivity index (χ4v) is 4.85. The minimum absolute atomic E-state index is 0. The number of guanidine groups is 1. The van der Waals surface area contributed by atoms with E-state index in [0.29, 0.717) is 11.4 Å². The van der Waals surface area contributed by atoms with Gasteiger partial charge in [0.1, 0.15) is 5.82 Å². The molecule has 1 aromatic carbocycles. The molecule has 174 valence electrons. The van der Waals surface area contributed by atoms with Crippen LogP contribution in [0.4, 0.5) is 5.82 Å². The molecule has 0 amide bonds. The summed E-state index contributed by atoms with van der Waals surface area (Å²) in [6.07, 6.45) is 3.68. The number of halogens is 1. The number of rotatable bonds is 7. The smallest absolute Gasteiger partial charge is 0.240 e. The lowest BCUT2D eigenvalue weighted by Gasteiger charge is -2.37. The van der Waals surface area contributed by atoms with Gasteiger partial charge in [-0.2, -0.15) is 0 Å². The standard InChI is InChI=1S/C22H30N6O2S.HI/c1-2-23-22(28-15-13-27(14-16-28)21-5-3-4-12-24-21)25-17-18-6-10-20(11-7-18)31(29,30)26-19-8-9-19;/h3-7,10-12,19,26H,2,8-9,13-17H2,1H3,(H,23,25);1H. The maximum Gasteiger partial charge on any atom is 0.240 e. The van der Waals surface area contributed by atoms with Gasteiger partial charge in [0.2, 0.25) is 10.0 Å². The van der Waals surface area contributed by atoms with E-state index in [1.54, 1.807) is 12.1 Å². The summed E-state index contributed by atoms with van der Waals surface area (Å²) in [7, 11) is -3.42. The number of aliphatic imine (C=N–C) groups is 1. The van der Waals surface area contributed by atoms with Gasteiger partial charge < -0.3 is 15.1 Å². The van der Waals surface area contributed by atoms with Crippen LogP contribution < -0.4 is 14.9 Å². The molecular formula is C22H31IN6O2S. The third-order valence-electron chi connectivity index (χ3n) is 5.43. The molecule has 2 aromatic rings. The van der Waals surface area contributed by atoms with Crippen LogP contribution in [0, 0.1) is 0 Å². The third kappa shape index (κ3) is 6.55. The van der Waals surface area contributed by atoms with Crippen molar-refractivity contribution in [2.24, 2.45) is 4.99 Å². The first kappa shape index (κ1) is 24.7. The Morgan fingerprint density at radius 1 is 1.09 bits per heavy atom. The van der Waals surface area contributed by atoms with Gasteiger partial charge in [0.15, 0.2) is 5.96 Å². The third-order valence-corrected chi connectivity index (χ3v) is 6.97. The highest BCUT2D eigenvalue weighted by molar-refractivity contribution is 14.0. The Labute approximate surface area is 207 Å². The van der Waals surface area contributed by atoms with Crippen LogP contribution in [0.3, 0.4) is 0 Å². The van der Waals surface area contributed by atoms with Gasteiger partial charge in [-0.1, -0.05) is 18.2 Å². The molecule has 1 aromatic heterocycles. The predicted octanol–water partition coefficient (Wildman–Crippen LogP) is 2.43. The summed E-state index contributed by atoms with van der Waals surface area (Å²) in [5.41, 5.74) is 0.980. The van der Waals surface area contributed by atoms with E-state index in [2.05, 4.69) is 31.7 Å². The number of hydrogen-bond donors (Lipinski definition) is 2. The molecule has 1 saturated heterocycles. The molecule has 32 heavy (non-hydrogen) atoms. The molecule has 2 aliphatic rings. The first-order valence-corrected chi connectivity index (χ1v) is 12.3. The summed E-state index contributed by atoms with van der Waals surface area (Å²) in [4.78, 5) is 14.1. The second kappa shape index (κ2) is 11.3. The molecule has 1 saturated carbocycles. The van der Waals surface area contributed by atoms with Crippen LogP contribution in [-0.4, -0.2) is 63.0 Å². The molecular weight excluding hydrogens is 539 g/mol. The number of nitrogens with zero attached hydrogens (tertiary/aromatic N) is 4. The second-order valence-corrected chi connectivity index (χ2v) is 9.59. The van der Waals surface area contributed by atoms with Crippen molar-refractivity contribution in [3.63, 3.8) is 0 Å². The highest BCUT2D eigenvalue weighted by atomic mass is 127. The van der Waals surface area contributed by atoms with Gasteiger partial charge in [0.05, 0.1) is 11.4 Å². The number of piperazine rings is 1. The highest BCUT2D eigenvalue weighted by Crippen LogP contribution is 2.22. The molecule has 1 aliphatic heterocycles. The monoisotopic (exact) mass is 570 g/mol. The lowest BCUT2D eigenvalue weighted by Crippen LogP contribution is -2.52. The van der Waals surface area contributed by atoms with E-state index < -0.39 is 10.0 Å². The molecule has 4 rings (SSSR count). The maximum absolute atomic E-state index is 12.3. The fourth-order valence-electron chi connectivity index (χ4n) is 3.54. The number of hydrogen-bond acceptors (Lipinski definition) is 5. The molecule has 8 nitrogen and oxygen atoms in total. The van der Waals surface area contributed by atoms with Crippen LogP contribution in [0.5, 0.6) is 0 Å². The Morgan fingerprint density at radius 3 is 2.41 bits per heavy atom. The minimum atomic E-state index is -3.42. The zero-order valence-electron chi connectivity index (χ0n) is 18.3. The van der Waals surface area contributed by atoms with Gasteiger partial charge in [-0.25, -0.2) is 23.1 Å². The van der Waals surface area contributed by atoms with E-state index in [9.17, 15) is 8.42 Å². The van der Waals surface area contributed by atoms with Crippen molar-refractivity contribution in [2.45, 2.75) is 37.2 Å². The van der Waals surface area contributed by atoms with Gasteiger partial charge in [0.25, 0.3) is 0 Å². The van der Waals surface area contributed by atoms with Gasteiger partial charge in [-0.15, -0.1) is 24.0 Å². The largest absolute Gasteiger partial charge is 0.357 e. The normalized spacial score (nSPS) is 17.1. The summed E-state index contributed by atoms with van der Waals surface area (Å²) in [5, 5.41) is 3.38. The van der Waals surface area contributed by atoms with Crippen LogP contribution >= 0.6 is 24.0 Å². The summed E-state index contributed by atoms with van der Waals surface area (Å²) in [6, 6.07) is 13.1. The Morgan fingerprint density at radius 2 is 1.81 bits per heavy atom. The van der Waals surface area contributed by atoms with E-state index in [1.165, 1.54) is 0 Å². The van der Waals surface area contributed by atoms with E-state index in [4.69, 9.17) is 4.99 Å². The van der Waals surface area contributed by atoms with E-state index in [-0.39, 0.29) is 30.0 Å². The lowest BCUT2D eigenvalue weighted by molar-refractivity contribution is 0.371. The quantitative estimate of drug-likeness (QED) is 0.302. The molecule has 1 aliphatic carbocycles. The zero-order chi connectivity index (χ0) is 21.7. The fraction of sp³-hybridized carbons (Fsp3) is 0.455. The SMILES string of the molecule is CCNC(=NCc1ccc(S(=O)(=O)NC2CC2)cc1)N1CCN(c2ccccn2)CC1.I. The average molecular weight is 571 g/mol. The van der Waals surface area contributed by atoms with Gasteiger partial charge in [-0.3, -0.25) is 0 Å². The van der Waals surface area contributed by atoms with Gasteiger partial charge in [0, 0.05) is 45.0 Å². The van der Waals surface area contributed by atoms with Crippen molar-refractivity contribution in [3.8, 4) is 0 Å². The molecule has 2 fully saturated rings. The lowest BCUT2D eigenvalue weighted by atomic mass is 10.2. The molecule has 10 heteroatoms. The average Bonchev–Trinajstić information content (AvgIpc) is 3.61. The van der Waals surface area contributed by atoms with E-state index >= 15 is 0 Å². The molecule has 0 bridgehead atoms. The Kier molecular flexibility index (Phi) is 8.72. The van der Waals surface area contributed by atoms with Gasteiger partial charge >= 0.3 is 0 Å². The number of nitrogens with one attached hydrogen (secondary N) is 2. The van der Waals surface area contributed by atoms with Crippen molar-refractivity contribution < 1.29 is 8.42 Å². The molecule has 0 atom stereocenters. The number of pyridine rings is 1. The van der Waals surface area contributed by atoms with Crippen molar-refractivity contribution in [2.75, 3.05) is 37.6 Å². The number of aromatic nitrogens is 1. The molecule has 2 heterocycles. The molecule has 0 spiro atoms. The van der Waals surface area contributed by atoms with Crippen molar-refractivity contribution in [1.29, 1.82) is 0 Å². The van der Waals surface area contributed by atoms with Crippen LogP contribution in [0.25, 0.3) is 0 Å². The summed E-state index contributed by atoms with van der Waals surface area (Å²) >= 11 is 0. The first-order valence-electron chi connectivity index (χ1n) is 10.9. The number of benzene rings is 1. The zero-order valence-corrected chi connectivity index (χ0v) is 21.4. The van der Waals surface area contributed by atoms with Gasteiger partial charge in [-0.05, 0) is 49.6 Å². The van der Waals surface area contributed by atoms with Crippen LogP contribution in [0.15, 0.2) is 58.5 Å². The van der Waals surface area contributed by atoms with E-state index in [1.807, 2.05) is 36.5 Å².